The van der Waals surface area contributed by atoms with E-state index in [0.29, 0.717) is 5.69 Å². The highest BCUT2D eigenvalue weighted by Gasteiger charge is 2.15. The third-order valence-electron chi connectivity index (χ3n) is 2.49. The summed E-state index contributed by atoms with van der Waals surface area (Å²) in [7, 11) is 0. The second-order valence-corrected chi connectivity index (χ2v) is 6.10. The van der Waals surface area contributed by atoms with Gasteiger partial charge >= 0.3 is 5.97 Å². The molecule has 0 saturated carbocycles. The van der Waals surface area contributed by atoms with Gasteiger partial charge in [-0.1, -0.05) is 5.92 Å². The van der Waals surface area contributed by atoms with E-state index in [1.54, 1.807) is 0 Å². The highest BCUT2D eigenvalue weighted by Crippen LogP contribution is 2.32. The average molecular weight is 418 g/mol. The average Bonchev–Trinajstić information content (AvgIpc) is 2.33. The minimum absolute atomic E-state index is 0.0932. The van der Waals surface area contributed by atoms with E-state index in [1.807, 2.05) is 19.1 Å². The topological polar surface area (TPSA) is 69.6 Å². The number of carboxylic acid groups (broad SMARTS) is 1. The van der Waals surface area contributed by atoms with E-state index in [9.17, 15) is 9.59 Å². The zero-order chi connectivity index (χ0) is 16.0. The normalized spacial score (nSPS) is 10.2. The van der Waals surface area contributed by atoms with Gasteiger partial charge in [0.25, 0.3) is 0 Å². The molecule has 0 aliphatic rings. The predicted octanol–water partition coefficient (Wildman–Crippen LogP) is 2.48. The van der Waals surface area contributed by atoms with Crippen LogP contribution >= 0.6 is 31.9 Å². The molecular formula is C14H14Br2N2O3. The number of anilines is 1. The molecule has 1 aromatic rings. The molecule has 1 aromatic carbocycles. The van der Waals surface area contributed by atoms with Crippen LogP contribution in [0.3, 0.4) is 0 Å². The number of benzene rings is 1. The van der Waals surface area contributed by atoms with Crippen molar-refractivity contribution in [2.24, 2.45) is 0 Å². The van der Waals surface area contributed by atoms with E-state index in [-0.39, 0.29) is 25.5 Å². The fourth-order valence-corrected chi connectivity index (χ4v) is 3.30. The van der Waals surface area contributed by atoms with E-state index in [4.69, 9.17) is 11.5 Å². The maximum atomic E-state index is 12.0. The fourth-order valence-electron chi connectivity index (χ4n) is 1.69. The molecule has 0 fully saturated rings. The summed E-state index contributed by atoms with van der Waals surface area (Å²) in [5, 5.41) is 11.5. The molecule has 0 heterocycles. The van der Waals surface area contributed by atoms with Crippen molar-refractivity contribution in [2.45, 2.75) is 6.92 Å². The Morgan fingerprint density at radius 1 is 1.33 bits per heavy atom. The van der Waals surface area contributed by atoms with Gasteiger partial charge in [0.15, 0.2) is 0 Å². The molecule has 112 valence electrons. The van der Waals surface area contributed by atoms with Crippen LogP contribution in [0.2, 0.25) is 0 Å². The van der Waals surface area contributed by atoms with Crippen LogP contribution < -0.4 is 5.32 Å². The number of carboxylic acids is 1. The molecule has 5 nitrogen and oxygen atoms in total. The van der Waals surface area contributed by atoms with Crippen LogP contribution in [0.1, 0.15) is 5.56 Å². The summed E-state index contributed by atoms with van der Waals surface area (Å²) in [5.41, 5.74) is 1.63. The van der Waals surface area contributed by atoms with Crippen LogP contribution in [0.25, 0.3) is 0 Å². The van der Waals surface area contributed by atoms with Crippen molar-refractivity contribution in [3.8, 4) is 12.3 Å². The smallest absolute Gasteiger partial charge is 0.317 e. The standard InChI is InChI=1S/C14H14Br2N2O3/c1-3-4-18(8-13(20)21)7-12(19)17-14-10(15)5-9(2)6-11(14)16/h1,5-6H,4,7-8H2,2H3,(H,17,19)(H,20,21). The van der Waals surface area contributed by atoms with Gasteiger partial charge in [-0.25, -0.2) is 0 Å². The Hall–Kier alpha value is -1.36. The number of carbonyl (C=O) groups excluding carboxylic acids is 1. The summed E-state index contributed by atoms with van der Waals surface area (Å²) < 4.78 is 1.48. The number of rotatable bonds is 6. The number of nitrogens with one attached hydrogen (secondary N) is 1. The molecule has 0 radical (unpaired) electrons. The van der Waals surface area contributed by atoms with Crippen molar-refractivity contribution in [1.82, 2.24) is 4.90 Å². The summed E-state index contributed by atoms with van der Waals surface area (Å²) in [6.07, 6.45) is 5.17. The number of amides is 1. The molecule has 0 aliphatic carbocycles. The van der Waals surface area contributed by atoms with Crippen LogP contribution in [0.4, 0.5) is 5.69 Å². The number of carbonyl (C=O) groups is 2. The Kier molecular flexibility index (Phi) is 6.89. The monoisotopic (exact) mass is 416 g/mol. The molecule has 0 unspecified atom stereocenters. The van der Waals surface area contributed by atoms with E-state index in [2.05, 4.69) is 43.1 Å². The maximum absolute atomic E-state index is 12.0. The number of hydrogen-bond acceptors (Lipinski definition) is 3. The quantitative estimate of drug-likeness (QED) is 0.697. The van der Waals surface area contributed by atoms with Gasteiger partial charge in [0.2, 0.25) is 5.91 Å². The molecule has 2 N–H and O–H groups in total. The van der Waals surface area contributed by atoms with Gasteiger partial charge in [-0.2, -0.15) is 0 Å². The molecule has 21 heavy (non-hydrogen) atoms. The summed E-state index contributed by atoms with van der Waals surface area (Å²) in [6, 6.07) is 3.74. The lowest BCUT2D eigenvalue weighted by atomic mass is 10.2. The molecule has 0 aromatic heterocycles. The Morgan fingerprint density at radius 3 is 2.38 bits per heavy atom. The molecule has 0 atom stereocenters. The number of nitrogens with zero attached hydrogens (tertiary/aromatic N) is 1. The maximum Gasteiger partial charge on any atom is 0.317 e. The van der Waals surface area contributed by atoms with E-state index in [1.165, 1.54) is 4.90 Å². The van der Waals surface area contributed by atoms with Crippen molar-refractivity contribution in [3.05, 3.63) is 26.6 Å². The molecular weight excluding hydrogens is 404 g/mol. The number of aliphatic carboxylic acids is 1. The first-order chi connectivity index (χ1) is 9.83. The summed E-state index contributed by atoms with van der Waals surface area (Å²) >= 11 is 6.76. The molecule has 0 aliphatic heterocycles. The van der Waals surface area contributed by atoms with Gasteiger partial charge in [0, 0.05) is 8.95 Å². The summed E-state index contributed by atoms with van der Waals surface area (Å²) in [4.78, 5) is 24.1. The number of hydrogen-bond donors (Lipinski definition) is 2. The zero-order valence-corrected chi connectivity index (χ0v) is 14.5. The Labute approximate surface area is 140 Å². The van der Waals surface area contributed by atoms with Crippen molar-refractivity contribution in [1.29, 1.82) is 0 Å². The Bertz CT molecular complexity index is 573. The second-order valence-electron chi connectivity index (χ2n) is 4.39. The lowest BCUT2D eigenvalue weighted by Crippen LogP contribution is -2.37. The SMILES string of the molecule is C#CCN(CC(=O)O)CC(=O)Nc1c(Br)cc(C)cc1Br. The van der Waals surface area contributed by atoms with Crippen molar-refractivity contribution < 1.29 is 14.7 Å². The number of aryl methyl sites for hydroxylation is 1. The third kappa shape index (κ3) is 5.87. The third-order valence-corrected chi connectivity index (χ3v) is 3.74. The predicted molar refractivity (Wildman–Crippen MR) is 88.1 cm³/mol. The van der Waals surface area contributed by atoms with Crippen LogP contribution in [0.5, 0.6) is 0 Å². The van der Waals surface area contributed by atoms with Crippen molar-refractivity contribution in [3.63, 3.8) is 0 Å². The first-order valence-electron chi connectivity index (χ1n) is 5.96. The van der Waals surface area contributed by atoms with E-state index >= 15 is 0 Å². The lowest BCUT2D eigenvalue weighted by Gasteiger charge is -2.17. The Balaban J connectivity index is 2.77. The van der Waals surface area contributed by atoms with E-state index < -0.39 is 5.97 Å². The van der Waals surface area contributed by atoms with Crippen LogP contribution in [0.15, 0.2) is 21.1 Å². The van der Waals surface area contributed by atoms with Crippen molar-refractivity contribution in [2.75, 3.05) is 25.0 Å². The first-order valence-corrected chi connectivity index (χ1v) is 7.55. The van der Waals surface area contributed by atoms with Gasteiger partial charge in [0.05, 0.1) is 25.3 Å². The van der Waals surface area contributed by atoms with Gasteiger partial charge in [-0.05, 0) is 56.5 Å². The summed E-state index contributed by atoms with van der Waals surface area (Å²) in [6.45, 7) is 1.65. The second kappa shape index (κ2) is 8.17. The summed E-state index contributed by atoms with van der Waals surface area (Å²) in [5.74, 6) is 0.969. The van der Waals surface area contributed by atoms with Crippen LogP contribution in [-0.4, -0.2) is 41.5 Å². The lowest BCUT2D eigenvalue weighted by molar-refractivity contribution is -0.138. The highest BCUT2D eigenvalue weighted by atomic mass is 79.9. The van der Waals surface area contributed by atoms with Gasteiger partial charge < -0.3 is 10.4 Å². The molecule has 1 amide bonds. The molecule has 0 saturated heterocycles. The zero-order valence-electron chi connectivity index (χ0n) is 11.3. The highest BCUT2D eigenvalue weighted by molar-refractivity contribution is 9.11. The van der Waals surface area contributed by atoms with Gasteiger partial charge in [0.1, 0.15) is 0 Å². The van der Waals surface area contributed by atoms with Gasteiger partial charge in [-0.15, -0.1) is 6.42 Å². The number of terminal acetylenes is 1. The molecule has 0 bridgehead atoms. The minimum atomic E-state index is -1.03. The molecule has 7 heteroatoms. The largest absolute Gasteiger partial charge is 0.480 e. The molecule has 0 spiro atoms. The van der Waals surface area contributed by atoms with Crippen molar-refractivity contribution >= 4 is 49.4 Å². The molecule has 1 rings (SSSR count). The first kappa shape index (κ1) is 17.7. The Morgan fingerprint density at radius 2 is 1.90 bits per heavy atom. The van der Waals surface area contributed by atoms with Crippen LogP contribution in [-0.2, 0) is 9.59 Å². The van der Waals surface area contributed by atoms with Crippen LogP contribution in [0, 0.1) is 19.3 Å². The number of halogens is 2. The van der Waals surface area contributed by atoms with E-state index in [0.717, 1.165) is 14.5 Å². The minimum Gasteiger partial charge on any atom is -0.480 e. The van der Waals surface area contributed by atoms with Gasteiger partial charge in [-0.3, -0.25) is 14.5 Å². The fraction of sp³-hybridized carbons (Fsp3) is 0.286.